The molecule has 0 unspecified atom stereocenters. The smallest absolute Gasteiger partial charge is 0.338 e. The van der Waals surface area contributed by atoms with Crippen LogP contribution in [0.2, 0.25) is 0 Å². The quantitative estimate of drug-likeness (QED) is 0.686. The molecule has 0 atom stereocenters. The maximum absolute atomic E-state index is 11.8. The van der Waals surface area contributed by atoms with Gasteiger partial charge in [-0.25, -0.2) is 4.79 Å². The number of aromatic nitrogens is 1. The highest BCUT2D eigenvalue weighted by molar-refractivity contribution is 6.04. The van der Waals surface area contributed by atoms with Crippen LogP contribution in [0, 0.1) is 13.8 Å². The normalized spacial score (nSPS) is 10.4. The molecule has 3 nitrogen and oxygen atoms in total. The van der Waals surface area contributed by atoms with E-state index in [2.05, 4.69) is 4.98 Å². The number of rotatable bonds is 1. The van der Waals surface area contributed by atoms with Gasteiger partial charge >= 0.3 is 5.97 Å². The largest absolute Gasteiger partial charge is 0.465 e. The van der Waals surface area contributed by atoms with Crippen LogP contribution in [0.25, 0.3) is 10.9 Å². The number of methoxy groups -OCH3 is 1. The lowest BCUT2D eigenvalue weighted by Crippen LogP contribution is -2.07. The lowest BCUT2D eigenvalue weighted by Gasteiger charge is -2.10. The zero-order chi connectivity index (χ0) is 11.7. The standard InChI is InChI=1S/C13H13NO2/c1-8-9(2)14-11-7-5-4-6-10(11)12(8)13(15)16-3/h4-7H,1-3H3. The molecule has 0 fully saturated rings. The van der Waals surface area contributed by atoms with E-state index in [1.165, 1.54) is 7.11 Å². The minimum atomic E-state index is -0.306. The molecule has 0 saturated heterocycles. The molecule has 1 aromatic carbocycles. The fourth-order valence-electron chi connectivity index (χ4n) is 1.80. The van der Waals surface area contributed by atoms with E-state index in [1.54, 1.807) is 0 Å². The van der Waals surface area contributed by atoms with E-state index in [4.69, 9.17) is 4.74 Å². The summed E-state index contributed by atoms with van der Waals surface area (Å²) in [6, 6.07) is 7.59. The second-order valence-corrected chi connectivity index (χ2v) is 3.71. The van der Waals surface area contributed by atoms with Gasteiger partial charge in [0.2, 0.25) is 0 Å². The molecular formula is C13H13NO2. The first-order chi connectivity index (χ1) is 7.65. The van der Waals surface area contributed by atoms with Crippen LogP contribution in [0.15, 0.2) is 24.3 Å². The molecule has 2 rings (SSSR count). The summed E-state index contributed by atoms with van der Waals surface area (Å²) in [4.78, 5) is 16.2. The zero-order valence-electron chi connectivity index (χ0n) is 9.57. The molecule has 0 amide bonds. The van der Waals surface area contributed by atoms with Crippen LogP contribution in [0.4, 0.5) is 0 Å². The van der Waals surface area contributed by atoms with Crippen molar-refractivity contribution in [1.82, 2.24) is 4.98 Å². The molecule has 1 heterocycles. The maximum atomic E-state index is 11.8. The van der Waals surface area contributed by atoms with Crippen LogP contribution in [0.5, 0.6) is 0 Å². The molecule has 0 radical (unpaired) electrons. The fraction of sp³-hybridized carbons (Fsp3) is 0.231. The van der Waals surface area contributed by atoms with Crippen molar-refractivity contribution in [1.29, 1.82) is 0 Å². The first-order valence-electron chi connectivity index (χ1n) is 5.09. The highest BCUT2D eigenvalue weighted by atomic mass is 16.5. The summed E-state index contributed by atoms with van der Waals surface area (Å²) in [5, 5.41) is 0.845. The van der Waals surface area contributed by atoms with Crippen molar-refractivity contribution in [3.63, 3.8) is 0 Å². The number of carbonyl (C=O) groups is 1. The molecule has 0 aliphatic heterocycles. The number of esters is 1. The van der Waals surface area contributed by atoms with E-state index < -0.39 is 0 Å². The summed E-state index contributed by atoms with van der Waals surface area (Å²) in [6.45, 7) is 3.79. The van der Waals surface area contributed by atoms with Gasteiger partial charge in [0.25, 0.3) is 0 Å². The monoisotopic (exact) mass is 215 g/mol. The van der Waals surface area contributed by atoms with E-state index in [-0.39, 0.29) is 5.97 Å². The highest BCUT2D eigenvalue weighted by Crippen LogP contribution is 2.23. The second-order valence-electron chi connectivity index (χ2n) is 3.71. The van der Waals surface area contributed by atoms with E-state index in [0.717, 1.165) is 22.2 Å². The first-order valence-corrected chi connectivity index (χ1v) is 5.09. The van der Waals surface area contributed by atoms with Gasteiger partial charge in [0.05, 0.1) is 18.2 Å². The lowest BCUT2D eigenvalue weighted by molar-refractivity contribution is 0.0602. The number of hydrogen-bond acceptors (Lipinski definition) is 3. The van der Waals surface area contributed by atoms with Crippen molar-refractivity contribution in [2.45, 2.75) is 13.8 Å². The van der Waals surface area contributed by atoms with Crippen molar-refractivity contribution in [2.75, 3.05) is 7.11 Å². The Morgan fingerprint density at radius 3 is 2.62 bits per heavy atom. The van der Waals surface area contributed by atoms with Crippen molar-refractivity contribution < 1.29 is 9.53 Å². The minimum Gasteiger partial charge on any atom is -0.465 e. The Bertz CT molecular complexity index is 561. The maximum Gasteiger partial charge on any atom is 0.338 e. The predicted molar refractivity (Wildman–Crippen MR) is 62.6 cm³/mol. The van der Waals surface area contributed by atoms with Crippen molar-refractivity contribution in [3.8, 4) is 0 Å². The Balaban J connectivity index is 2.87. The third kappa shape index (κ3) is 1.54. The number of pyridine rings is 1. The SMILES string of the molecule is COC(=O)c1c(C)c(C)nc2ccccc12. The average molecular weight is 215 g/mol. The van der Waals surface area contributed by atoms with Gasteiger partial charge in [0, 0.05) is 11.1 Å². The molecule has 0 aliphatic rings. The third-order valence-corrected chi connectivity index (χ3v) is 2.77. The summed E-state index contributed by atoms with van der Waals surface area (Å²) in [5.74, 6) is -0.306. The molecule has 16 heavy (non-hydrogen) atoms. The van der Waals surface area contributed by atoms with Gasteiger partial charge in [0.1, 0.15) is 0 Å². The number of aryl methyl sites for hydroxylation is 1. The van der Waals surface area contributed by atoms with Gasteiger partial charge < -0.3 is 4.74 Å². The van der Waals surface area contributed by atoms with E-state index in [0.29, 0.717) is 5.56 Å². The molecule has 3 heteroatoms. The third-order valence-electron chi connectivity index (χ3n) is 2.77. The van der Waals surface area contributed by atoms with Gasteiger partial charge in [-0.05, 0) is 25.5 Å². The van der Waals surface area contributed by atoms with Gasteiger partial charge in [-0.2, -0.15) is 0 Å². The Hall–Kier alpha value is -1.90. The van der Waals surface area contributed by atoms with Crippen LogP contribution in [-0.2, 0) is 4.74 Å². The number of hydrogen-bond donors (Lipinski definition) is 0. The average Bonchev–Trinajstić information content (AvgIpc) is 2.30. The summed E-state index contributed by atoms with van der Waals surface area (Å²) < 4.78 is 4.81. The fourth-order valence-corrected chi connectivity index (χ4v) is 1.80. The summed E-state index contributed by atoms with van der Waals surface area (Å²) in [7, 11) is 1.40. The first kappa shape index (κ1) is 10.6. The van der Waals surface area contributed by atoms with Crippen LogP contribution >= 0.6 is 0 Å². The van der Waals surface area contributed by atoms with Gasteiger partial charge in [0.15, 0.2) is 0 Å². The molecule has 0 N–H and O–H groups in total. The predicted octanol–water partition coefficient (Wildman–Crippen LogP) is 2.64. The number of benzene rings is 1. The molecule has 0 aliphatic carbocycles. The molecule has 0 bridgehead atoms. The molecular weight excluding hydrogens is 202 g/mol. The molecule has 1 aromatic heterocycles. The zero-order valence-corrected chi connectivity index (χ0v) is 9.57. The summed E-state index contributed by atoms with van der Waals surface area (Å²) >= 11 is 0. The number of fused-ring (bicyclic) bond motifs is 1. The molecule has 0 saturated carbocycles. The second kappa shape index (κ2) is 3.93. The number of ether oxygens (including phenoxy) is 1. The number of carbonyl (C=O) groups excluding carboxylic acids is 1. The van der Waals surface area contributed by atoms with Crippen LogP contribution in [-0.4, -0.2) is 18.1 Å². The minimum absolute atomic E-state index is 0.306. The molecule has 2 aromatic rings. The Morgan fingerprint density at radius 1 is 1.25 bits per heavy atom. The van der Waals surface area contributed by atoms with Crippen molar-refractivity contribution in [2.24, 2.45) is 0 Å². The highest BCUT2D eigenvalue weighted by Gasteiger charge is 2.16. The van der Waals surface area contributed by atoms with Gasteiger partial charge in [-0.1, -0.05) is 18.2 Å². The Labute approximate surface area is 94.1 Å². The van der Waals surface area contributed by atoms with Gasteiger partial charge in [-0.3, -0.25) is 4.98 Å². The van der Waals surface area contributed by atoms with Gasteiger partial charge in [-0.15, -0.1) is 0 Å². The van der Waals surface area contributed by atoms with Crippen LogP contribution < -0.4 is 0 Å². The van der Waals surface area contributed by atoms with E-state index >= 15 is 0 Å². The number of nitrogens with zero attached hydrogens (tertiary/aromatic N) is 1. The summed E-state index contributed by atoms with van der Waals surface area (Å²) in [6.07, 6.45) is 0. The molecule has 82 valence electrons. The number of para-hydroxylation sites is 1. The van der Waals surface area contributed by atoms with Crippen molar-refractivity contribution >= 4 is 16.9 Å². The topological polar surface area (TPSA) is 39.2 Å². The molecule has 0 spiro atoms. The van der Waals surface area contributed by atoms with E-state index in [1.807, 2.05) is 38.1 Å². The summed E-state index contributed by atoms with van der Waals surface area (Å²) in [5.41, 5.74) is 3.18. The Morgan fingerprint density at radius 2 is 1.94 bits per heavy atom. The van der Waals surface area contributed by atoms with Crippen LogP contribution in [0.1, 0.15) is 21.6 Å². The van der Waals surface area contributed by atoms with Crippen molar-refractivity contribution in [3.05, 3.63) is 41.1 Å². The van der Waals surface area contributed by atoms with Crippen LogP contribution in [0.3, 0.4) is 0 Å². The van der Waals surface area contributed by atoms with E-state index in [9.17, 15) is 4.79 Å². The Kier molecular flexibility index (Phi) is 2.60. The lowest BCUT2D eigenvalue weighted by atomic mass is 10.0.